The molecule has 23 heavy (non-hydrogen) atoms. The van der Waals surface area contributed by atoms with Gasteiger partial charge in [0, 0.05) is 22.5 Å². The van der Waals surface area contributed by atoms with E-state index in [0.29, 0.717) is 0 Å². The Labute approximate surface area is 154 Å². The minimum Gasteiger partial charge on any atom is -0.457 e. The van der Waals surface area contributed by atoms with Gasteiger partial charge in [-0.25, -0.2) is 4.99 Å². The van der Waals surface area contributed by atoms with Crippen molar-refractivity contribution < 1.29 is 4.74 Å². The second-order valence-corrected chi connectivity index (χ2v) is 7.26. The molecule has 2 aromatic rings. The minimum absolute atomic E-state index is 0.788. The van der Waals surface area contributed by atoms with E-state index in [1.807, 2.05) is 56.4 Å². The molecule has 0 unspecified atom stereocenters. The molecule has 0 N–H and O–H groups in total. The van der Waals surface area contributed by atoms with Gasteiger partial charge in [0.15, 0.2) is 0 Å². The topological polar surface area (TPSA) is 24.8 Å². The fraction of sp³-hybridized carbons (Fsp3) is 0.278. The fourth-order valence-electron chi connectivity index (χ4n) is 1.98. The Balaban J connectivity index is 2.27. The summed E-state index contributed by atoms with van der Waals surface area (Å²) in [7, 11) is 2.01. The van der Waals surface area contributed by atoms with Crippen molar-refractivity contribution in [2.24, 2.45) is 4.99 Å². The van der Waals surface area contributed by atoms with E-state index >= 15 is 0 Å². The SMILES string of the molecule is CCN(C)C=Nc1cc(C)c(Oc2cc(Br)cc(Br)c2)cc1C. The van der Waals surface area contributed by atoms with Crippen molar-refractivity contribution in [2.45, 2.75) is 20.8 Å². The summed E-state index contributed by atoms with van der Waals surface area (Å²) in [5.74, 6) is 1.63. The van der Waals surface area contributed by atoms with Crippen LogP contribution >= 0.6 is 31.9 Å². The van der Waals surface area contributed by atoms with Crippen molar-refractivity contribution in [1.82, 2.24) is 4.90 Å². The normalized spacial score (nSPS) is 11.0. The lowest BCUT2D eigenvalue weighted by Crippen LogP contribution is -2.14. The Kier molecular flexibility index (Phi) is 6.25. The Morgan fingerprint density at radius 3 is 2.30 bits per heavy atom. The highest BCUT2D eigenvalue weighted by molar-refractivity contribution is 9.11. The molecule has 0 saturated heterocycles. The van der Waals surface area contributed by atoms with Gasteiger partial charge in [-0.2, -0.15) is 0 Å². The van der Waals surface area contributed by atoms with Crippen LogP contribution in [0.4, 0.5) is 5.69 Å². The van der Waals surface area contributed by atoms with Crippen molar-refractivity contribution in [2.75, 3.05) is 13.6 Å². The van der Waals surface area contributed by atoms with Crippen molar-refractivity contribution in [3.63, 3.8) is 0 Å². The summed E-state index contributed by atoms with van der Waals surface area (Å²) in [4.78, 5) is 6.58. The van der Waals surface area contributed by atoms with Gasteiger partial charge < -0.3 is 9.64 Å². The number of hydrogen-bond donors (Lipinski definition) is 0. The second kappa shape index (κ2) is 7.97. The smallest absolute Gasteiger partial charge is 0.130 e. The highest BCUT2D eigenvalue weighted by atomic mass is 79.9. The van der Waals surface area contributed by atoms with Gasteiger partial charge >= 0.3 is 0 Å². The summed E-state index contributed by atoms with van der Waals surface area (Å²) in [6, 6.07) is 9.96. The molecule has 0 saturated carbocycles. The molecule has 0 aliphatic carbocycles. The average molecular weight is 440 g/mol. The molecule has 0 aliphatic heterocycles. The second-order valence-electron chi connectivity index (χ2n) is 5.43. The van der Waals surface area contributed by atoms with Crippen LogP contribution in [0.1, 0.15) is 18.1 Å². The number of aliphatic imine (C=N–C) groups is 1. The van der Waals surface area contributed by atoms with Gasteiger partial charge in [-0.05, 0) is 62.2 Å². The van der Waals surface area contributed by atoms with Crippen LogP contribution in [-0.2, 0) is 0 Å². The maximum atomic E-state index is 6.03. The molecule has 0 bridgehead atoms. The number of hydrogen-bond acceptors (Lipinski definition) is 2. The van der Waals surface area contributed by atoms with Gasteiger partial charge in [0.25, 0.3) is 0 Å². The molecule has 2 aromatic carbocycles. The molecular formula is C18H20Br2N2O. The molecular weight excluding hydrogens is 420 g/mol. The van der Waals surface area contributed by atoms with E-state index in [1.165, 1.54) is 0 Å². The first-order valence-electron chi connectivity index (χ1n) is 7.38. The molecule has 0 fully saturated rings. The Morgan fingerprint density at radius 1 is 1.04 bits per heavy atom. The summed E-state index contributed by atoms with van der Waals surface area (Å²) >= 11 is 6.96. The number of benzene rings is 2. The van der Waals surface area contributed by atoms with Crippen LogP contribution < -0.4 is 4.74 Å². The lowest BCUT2D eigenvalue weighted by Gasteiger charge is -2.13. The van der Waals surface area contributed by atoms with E-state index in [4.69, 9.17) is 4.74 Å². The van der Waals surface area contributed by atoms with Gasteiger partial charge in [-0.3, -0.25) is 0 Å². The molecule has 0 spiro atoms. The van der Waals surface area contributed by atoms with Gasteiger partial charge in [0.05, 0.1) is 12.0 Å². The predicted octanol–water partition coefficient (Wildman–Crippen LogP) is 6.23. The van der Waals surface area contributed by atoms with Gasteiger partial charge in [-0.15, -0.1) is 0 Å². The molecule has 0 amide bonds. The third-order valence-electron chi connectivity index (χ3n) is 3.45. The van der Waals surface area contributed by atoms with E-state index in [9.17, 15) is 0 Å². The van der Waals surface area contributed by atoms with Crippen LogP contribution in [0, 0.1) is 13.8 Å². The van der Waals surface area contributed by atoms with E-state index in [-0.39, 0.29) is 0 Å². The maximum Gasteiger partial charge on any atom is 0.130 e. The largest absolute Gasteiger partial charge is 0.457 e. The van der Waals surface area contributed by atoms with Gasteiger partial charge in [0.1, 0.15) is 11.5 Å². The molecule has 122 valence electrons. The number of halogens is 2. The van der Waals surface area contributed by atoms with Crippen molar-refractivity contribution in [3.8, 4) is 11.5 Å². The number of ether oxygens (including phenoxy) is 1. The first kappa shape index (κ1) is 18.0. The summed E-state index contributed by atoms with van der Waals surface area (Å²) < 4.78 is 7.98. The number of aryl methyl sites for hydroxylation is 2. The fourth-order valence-corrected chi connectivity index (χ4v) is 3.23. The average Bonchev–Trinajstić information content (AvgIpc) is 2.47. The van der Waals surface area contributed by atoms with E-state index in [1.54, 1.807) is 0 Å². The van der Waals surface area contributed by atoms with Crippen molar-refractivity contribution >= 4 is 43.9 Å². The van der Waals surface area contributed by atoms with Gasteiger partial charge in [-0.1, -0.05) is 31.9 Å². The molecule has 3 nitrogen and oxygen atoms in total. The zero-order valence-electron chi connectivity index (χ0n) is 13.7. The molecule has 0 aromatic heterocycles. The van der Waals surface area contributed by atoms with Gasteiger partial charge in [0.2, 0.25) is 0 Å². The minimum atomic E-state index is 0.788. The van der Waals surface area contributed by atoms with E-state index in [0.717, 1.165) is 43.8 Å². The lowest BCUT2D eigenvalue weighted by atomic mass is 10.1. The van der Waals surface area contributed by atoms with Crippen LogP contribution in [0.5, 0.6) is 11.5 Å². The van der Waals surface area contributed by atoms with Crippen LogP contribution in [0.15, 0.2) is 44.3 Å². The van der Waals surface area contributed by atoms with Crippen LogP contribution in [-0.4, -0.2) is 24.8 Å². The standard InChI is InChI=1S/C18H20Br2N2O/c1-5-22(4)11-21-17-6-13(3)18(7-12(17)2)23-16-9-14(19)8-15(20)10-16/h6-11H,5H2,1-4H3. The predicted molar refractivity (Wildman–Crippen MR) is 104 cm³/mol. The Bertz CT molecular complexity index is 709. The highest BCUT2D eigenvalue weighted by Gasteiger charge is 2.07. The number of rotatable bonds is 5. The molecule has 2 rings (SSSR count). The quantitative estimate of drug-likeness (QED) is 0.407. The first-order chi connectivity index (χ1) is 10.9. The lowest BCUT2D eigenvalue weighted by molar-refractivity contribution is 0.478. The molecule has 0 radical (unpaired) electrons. The van der Waals surface area contributed by atoms with Crippen LogP contribution in [0.2, 0.25) is 0 Å². The molecule has 5 heteroatoms. The molecule has 0 atom stereocenters. The molecule has 0 heterocycles. The Hall–Kier alpha value is -1.33. The monoisotopic (exact) mass is 438 g/mol. The number of nitrogens with zero attached hydrogens (tertiary/aromatic N) is 2. The van der Waals surface area contributed by atoms with Crippen LogP contribution in [0.25, 0.3) is 0 Å². The maximum absolute atomic E-state index is 6.03. The third-order valence-corrected chi connectivity index (χ3v) is 4.37. The zero-order chi connectivity index (χ0) is 17.0. The summed E-state index contributed by atoms with van der Waals surface area (Å²) in [5, 5.41) is 0. The Morgan fingerprint density at radius 2 is 1.70 bits per heavy atom. The van der Waals surface area contributed by atoms with E-state index < -0.39 is 0 Å². The first-order valence-corrected chi connectivity index (χ1v) is 8.97. The molecule has 0 aliphatic rings. The van der Waals surface area contributed by atoms with Crippen LogP contribution in [0.3, 0.4) is 0 Å². The highest BCUT2D eigenvalue weighted by Crippen LogP contribution is 2.33. The third kappa shape index (κ3) is 5.08. The van der Waals surface area contributed by atoms with E-state index in [2.05, 4.69) is 49.8 Å². The summed E-state index contributed by atoms with van der Waals surface area (Å²) in [5.41, 5.74) is 3.10. The summed E-state index contributed by atoms with van der Waals surface area (Å²) in [6.07, 6.45) is 1.85. The van der Waals surface area contributed by atoms with Crippen molar-refractivity contribution in [3.05, 3.63) is 50.4 Å². The van der Waals surface area contributed by atoms with Crippen molar-refractivity contribution in [1.29, 1.82) is 0 Å². The zero-order valence-corrected chi connectivity index (χ0v) is 16.9. The summed E-state index contributed by atoms with van der Waals surface area (Å²) in [6.45, 7) is 7.10.